The van der Waals surface area contributed by atoms with Crippen LogP contribution in [-0.4, -0.2) is 96.9 Å². The van der Waals surface area contributed by atoms with E-state index in [2.05, 4.69) is 44.7 Å². The smallest absolute Gasteiger partial charge is 0.242 e. The maximum Gasteiger partial charge on any atom is 0.242 e. The van der Waals surface area contributed by atoms with Crippen LogP contribution in [0.1, 0.15) is 41.5 Å². The number of piperazine rings is 1. The molecule has 0 aliphatic carbocycles. The zero-order chi connectivity index (χ0) is 19.4. The number of likely N-dealkylation sites (N-methyl/N-ethyl adjacent to an activating group) is 2. The van der Waals surface area contributed by atoms with E-state index in [4.69, 9.17) is 0 Å². The minimum Gasteiger partial charge on any atom is -0.339 e. The lowest BCUT2D eigenvalue weighted by Gasteiger charge is -2.37. The Kier molecular flexibility index (Phi) is 7.44. The second-order valence-electron chi connectivity index (χ2n) is 9.25. The van der Waals surface area contributed by atoms with Gasteiger partial charge in [-0.15, -0.1) is 0 Å². The number of nitrogens with zero attached hydrogens (tertiary/aromatic N) is 4. The molecule has 0 aromatic heterocycles. The number of hydrogen-bond donors (Lipinski definition) is 0. The molecule has 6 heteroatoms. The Balaban J connectivity index is 2.74. The van der Waals surface area contributed by atoms with Gasteiger partial charge in [-0.05, 0) is 34.9 Å². The van der Waals surface area contributed by atoms with Crippen molar-refractivity contribution in [3.63, 3.8) is 0 Å². The highest BCUT2D eigenvalue weighted by molar-refractivity contribution is 5.87. The molecule has 25 heavy (non-hydrogen) atoms. The van der Waals surface area contributed by atoms with E-state index in [1.54, 1.807) is 4.90 Å². The summed E-state index contributed by atoms with van der Waals surface area (Å²) in [5, 5.41) is 0. The predicted molar refractivity (Wildman–Crippen MR) is 102 cm³/mol. The zero-order valence-corrected chi connectivity index (χ0v) is 17.6. The van der Waals surface area contributed by atoms with E-state index in [0.29, 0.717) is 6.54 Å². The standard InChI is InChI=1S/C19H38N4O2/c1-18(2,3)17(25)23(14-11-21(8)19(4,5)6)15-16(24)22-12-9-20(7)10-13-22/h9-15H2,1-8H3. The summed E-state index contributed by atoms with van der Waals surface area (Å²) in [6.45, 7) is 17.0. The van der Waals surface area contributed by atoms with Crippen LogP contribution in [0.25, 0.3) is 0 Å². The number of carbonyl (C=O) groups excluding carboxylic acids is 2. The fourth-order valence-electron chi connectivity index (χ4n) is 2.65. The van der Waals surface area contributed by atoms with Crippen molar-refractivity contribution in [1.29, 1.82) is 0 Å². The highest BCUT2D eigenvalue weighted by atomic mass is 16.2. The molecule has 1 aliphatic rings. The van der Waals surface area contributed by atoms with Crippen molar-refractivity contribution in [2.75, 3.05) is 59.9 Å². The summed E-state index contributed by atoms with van der Waals surface area (Å²) in [5.74, 6) is 0.0985. The molecule has 0 unspecified atom stereocenters. The van der Waals surface area contributed by atoms with Crippen LogP contribution in [0.15, 0.2) is 0 Å². The number of hydrogen-bond acceptors (Lipinski definition) is 4. The summed E-state index contributed by atoms with van der Waals surface area (Å²) in [6, 6.07) is 0. The fraction of sp³-hybridized carbons (Fsp3) is 0.895. The van der Waals surface area contributed by atoms with Gasteiger partial charge in [0.1, 0.15) is 0 Å². The maximum atomic E-state index is 12.8. The quantitative estimate of drug-likeness (QED) is 0.748. The van der Waals surface area contributed by atoms with Gasteiger partial charge in [-0.3, -0.25) is 14.5 Å². The summed E-state index contributed by atoms with van der Waals surface area (Å²) < 4.78 is 0. The van der Waals surface area contributed by atoms with Crippen molar-refractivity contribution in [2.24, 2.45) is 5.41 Å². The molecule has 1 saturated heterocycles. The molecule has 0 saturated carbocycles. The SMILES string of the molecule is CN1CCN(C(=O)CN(CCN(C)C(C)(C)C)C(=O)C(C)(C)C)CC1. The molecular weight excluding hydrogens is 316 g/mol. The molecule has 0 aromatic carbocycles. The van der Waals surface area contributed by atoms with Gasteiger partial charge in [-0.2, -0.15) is 0 Å². The van der Waals surface area contributed by atoms with Crippen LogP contribution in [0.5, 0.6) is 0 Å². The Bertz CT molecular complexity index is 457. The van der Waals surface area contributed by atoms with Crippen LogP contribution in [0.2, 0.25) is 0 Å². The van der Waals surface area contributed by atoms with Crippen LogP contribution in [0, 0.1) is 5.41 Å². The average molecular weight is 355 g/mol. The Hall–Kier alpha value is -1.14. The summed E-state index contributed by atoms with van der Waals surface area (Å²) in [5.41, 5.74) is -0.444. The van der Waals surface area contributed by atoms with Gasteiger partial charge in [-0.1, -0.05) is 20.8 Å². The summed E-state index contributed by atoms with van der Waals surface area (Å²) in [6.07, 6.45) is 0. The second-order valence-corrected chi connectivity index (χ2v) is 9.25. The van der Waals surface area contributed by atoms with Gasteiger partial charge in [0.05, 0.1) is 6.54 Å². The molecular formula is C19H38N4O2. The first-order valence-corrected chi connectivity index (χ1v) is 9.29. The van der Waals surface area contributed by atoms with Crippen LogP contribution < -0.4 is 0 Å². The van der Waals surface area contributed by atoms with Gasteiger partial charge in [0, 0.05) is 50.2 Å². The topological polar surface area (TPSA) is 47.1 Å². The Morgan fingerprint density at radius 3 is 1.88 bits per heavy atom. The summed E-state index contributed by atoms with van der Waals surface area (Å²) in [7, 11) is 4.13. The van der Waals surface area contributed by atoms with Crippen LogP contribution >= 0.6 is 0 Å². The third-order valence-electron chi connectivity index (χ3n) is 4.96. The van der Waals surface area contributed by atoms with Gasteiger partial charge in [0.25, 0.3) is 0 Å². The Morgan fingerprint density at radius 2 is 1.44 bits per heavy atom. The van der Waals surface area contributed by atoms with Crippen LogP contribution in [0.3, 0.4) is 0 Å². The Labute approximate surface area is 154 Å². The van der Waals surface area contributed by atoms with E-state index in [-0.39, 0.29) is 23.9 Å². The van der Waals surface area contributed by atoms with Crippen molar-refractivity contribution >= 4 is 11.8 Å². The number of rotatable bonds is 5. The van der Waals surface area contributed by atoms with E-state index in [1.165, 1.54) is 0 Å². The first-order chi connectivity index (χ1) is 11.3. The molecule has 0 aromatic rings. The van der Waals surface area contributed by atoms with E-state index in [9.17, 15) is 9.59 Å². The third-order valence-corrected chi connectivity index (χ3v) is 4.96. The first-order valence-electron chi connectivity index (χ1n) is 9.29. The monoisotopic (exact) mass is 354 g/mol. The molecule has 6 nitrogen and oxygen atoms in total. The fourth-order valence-corrected chi connectivity index (χ4v) is 2.65. The minimum absolute atomic E-state index is 0.0392. The lowest BCUT2D eigenvalue weighted by molar-refractivity contribution is -0.146. The first kappa shape index (κ1) is 21.9. The van der Waals surface area contributed by atoms with E-state index in [1.807, 2.05) is 25.7 Å². The largest absolute Gasteiger partial charge is 0.339 e. The average Bonchev–Trinajstić information content (AvgIpc) is 2.48. The number of amides is 2. The molecule has 1 rings (SSSR count). The van der Waals surface area contributed by atoms with Gasteiger partial charge < -0.3 is 14.7 Å². The van der Waals surface area contributed by atoms with E-state index >= 15 is 0 Å². The molecule has 0 radical (unpaired) electrons. The second kappa shape index (κ2) is 8.49. The zero-order valence-electron chi connectivity index (χ0n) is 17.6. The molecule has 2 amide bonds. The van der Waals surface area contributed by atoms with Crippen molar-refractivity contribution in [1.82, 2.24) is 19.6 Å². The van der Waals surface area contributed by atoms with Gasteiger partial charge in [-0.25, -0.2) is 0 Å². The molecule has 1 heterocycles. The normalized spacial score (nSPS) is 17.1. The molecule has 0 atom stereocenters. The molecule has 0 N–H and O–H groups in total. The minimum atomic E-state index is -0.483. The molecule has 146 valence electrons. The molecule has 0 spiro atoms. The number of carbonyl (C=O) groups is 2. The maximum absolute atomic E-state index is 12.8. The van der Waals surface area contributed by atoms with Gasteiger partial charge in [0.15, 0.2) is 0 Å². The van der Waals surface area contributed by atoms with Crippen molar-refractivity contribution in [3.8, 4) is 0 Å². The lowest BCUT2D eigenvalue weighted by Crippen LogP contribution is -2.53. The van der Waals surface area contributed by atoms with Crippen molar-refractivity contribution in [3.05, 3.63) is 0 Å². The summed E-state index contributed by atoms with van der Waals surface area (Å²) >= 11 is 0. The van der Waals surface area contributed by atoms with E-state index in [0.717, 1.165) is 32.7 Å². The van der Waals surface area contributed by atoms with Crippen LogP contribution in [0.4, 0.5) is 0 Å². The lowest BCUT2D eigenvalue weighted by atomic mass is 9.94. The summed E-state index contributed by atoms with van der Waals surface area (Å²) in [4.78, 5) is 33.6. The van der Waals surface area contributed by atoms with Crippen molar-refractivity contribution in [2.45, 2.75) is 47.1 Å². The third kappa shape index (κ3) is 6.94. The van der Waals surface area contributed by atoms with Crippen LogP contribution in [-0.2, 0) is 9.59 Å². The van der Waals surface area contributed by atoms with E-state index < -0.39 is 5.41 Å². The van der Waals surface area contributed by atoms with Gasteiger partial charge in [0.2, 0.25) is 11.8 Å². The van der Waals surface area contributed by atoms with Crippen molar-refractivity contribution < 1.29 is 9.59 Å². The Morgan fingerprint density at radius 1 is 0.920 bits per heavy atom. The predicted octanol–water partition coefficient (Wildman–Crippen LogP) is 1.37. The molecule has 1 fully saturated rings. The molecule has 1 aliphatic heterocycles. The molecule has 0 bridgehead atoms. The highest BCUT2D eigenvalue weighted by Crippen LogP contribution is 2.18. The van der Waals surface area contributed by atoms with Gasteiger partial charge >= 0.3 is 0 Å². The highest BCUT2D eigenvalue weighted by Gasteiger charge is 2.31.